The van der Waals surface area contributed by atoms with Gasteiger partial charge in [-0.05, 0) is 32.5 Å². The van der Waals surface area contributed by atoms with Crippen molar-refractivity contribution in [2.24, 2.45) is 0 Å². The fraction of sp³-hybridized carbons (Fsp3) is 0.562. The highest BCUT2D eigenvalue weighted by atomic mass is 19.1. The predicted molar refractivity (Wildman–Crippen MR) is 78.3 cm³/mol. The van der Waals surface area contributed by atoms with Gasteiger partial charge in [0.15, 0.2) is 5.78 Å². The number of likely N-dealkylation sites (N-methyl/N-ethyl adjacent to an activating group) is 1. The molecule has 0 saturated carbocycles. The monoisotopic (exact) mass is 278 g/mol. The molecule has 1 aromatic carbocycles. The highest BCUT2D eigenvalue weighted by Gasteiger charge is 2.31. The zero-order valence-electron chi connectivity index (χ0n) is 12.5. The lowest BCUT2D eigenvalue weighted by atomic mass is 9.99. The van der Waals surface area contributed by atoms with Crippen molar-refractivity contribution in [2.45, 2.75) is 25.8 Å². The van der Waals surface area contributed by atoms with Gasteiger partial charge in [0.25, 0.3) is 0 Å². The highest BCUT2D eigenvalue weighted by molar-refractivity contribution is 5.82. The number of ketones is 1. The molecule has 1 heterocycles. The summed E-state index contributed by atoms with van der Waals surface area (Å²) in [5.74, 6) is -0.213. The normalized spacial score (nSPS) is 20.0. The van der Waals surface area contributed by atoms with Crippen molar-refractivity contribution in [2.75, 3.05) is 33.2 Å². The van der Waals surface area contributed by atoms with Gasteiger partial charge in [0, 0.05) is 31.6 Å². The number of benzene rings is 1. The Morgan fingerprint density at radius 2 is 2.00 bits per heavy atom. The first-order valence-electron chi connectivity index (χ1n) is 7.07. The third kappa shape index (κ3) is 3.64. The van der Waals surface area contributed by atoms with Crippen LogP contribution in [-0.2, 0) is 11.2 Å². The number of rotatable bonds is 4. The maximum Gasteiger partial charge on any atom is 0.151 e. The minimum absolute atomic E-state index is 0.0791. The number of hydrogen-bond acceptors (Lipinski definition) is 3. The molecule has 0 aromatic heterocycles. The maximum atomic E-state index is 13.5. The highest BCUT2D eigenvalue weighted by Crippen LogP contribution is 2.18. The third-order valence-electron chi connectivity index (χ3n) is 4.14. The number of nitrogens with zero attached hydrogens (tertiary/aromatic N) is 2. The number of piperazine rings is 1. The zero-order valence-corrected chi connectivity index (χ0v) is 12.5. The molecule has 0 atom stereocenters. The van der Waals surface area contributed by atoms with E-state index in [0.717, 1.165) is 19.6 Å². The van der Waals surface area contributed by atoms with Gasteiger partial charge in [0.05, 0.1) is 6.54 Å². The summed E-state index contributed by atoms with van der Waals surface area (Å²) in [4.78, 5) is 16.6. The summed E-state index contributed by atoms with van der Waals surface area (Å²) < 4.78 is 13.5. The molecule has 2 rings (SSSR count). The van der Waals surface area contributed by atoms with E-state index in [1.54, 1.807) is 18.2 Å². The van der Waals surface area contributed by atoms with E-state index in [0.29, 0.717) is 12.1 Å². The van der Waals surface area contributed by atoms with Gasteiger partial charge in [-0.3, -0.25) is 14.6 Å². The largest absolute Gasteiger partial charge is 0.299 e. The van der Waals surface area contributed by atoms with Crippen molar-refractivity contribution in [1.29, 1.82) is 0 Å². The molecule has 1 aliphatic rings. The molecule has 1 aliphatic heterocycles. The van der Waals surface area contributed by atoms with E-state index < -0.39 is 0 Å². The topological polar surface area (TPSA) is 23.6 Å². The van der Waals surface area contributed by atoms with Crippen LogP contribution in [0.1, 0.15) is 19.4 Å². The number of halogens is 1. The molecule has 0 radical (unpaired) electrons. The van der Waals surface area contributed by atoms with Gasteiger partial charge in [-0.15, -0.1) is 0 Å². The summed E-state index contributed by atoms with van der Waals surface area (Å²) >= 11 is 0. The first kappa shape index (κ1) is 15.1. The lowest BCUT2D eigenvalue weighted by Gasteiger charge is -2.45. The summed E-state index contributed by atoms with van der Waals surface area (Å²) in [5.41, 5.74) is 0.571. The smallest absolute Gasteiger partial charge is 0.151 e. The first-order valence-corrected chi connectivity index (χ1v) is 7.07. The van der Waals surface area contributed by atoms with Gasteiger partial charge in [-0.1, -0.05) is 18.2 Å². The van der Waals surface area contributed by atoms with Gasteiger partial charge in [-0.25, -0.2) is 4.39 Å². The van der Waals surface area contributed by atoms with Crippen molar-refractivity contribution in [1.82, 2.24) is 9.80 Å². The van der Waals surface area contributed by atoms with Gasteiger partial charge in [0.2, 0.25) is 0 Å². The molecule has 1 saturated heterocycles. The lowest BCUT2D eigenvalue weighted by molar-refractivity contribution is -0.120. The van der Waals surface area contributed by atoms with Crippen LogP contribution in [0.4, 0.5) is 4.39 Å². The second-order valence-corrected chi connectivity index (χ2v) is 6.25. The van der Waals surface area contributed by atoms with Gasteiger partial charge in [0.1, 0.15) is 5.82 Å². The summed E-state index contributed by atoms with van der Waals surface area (Å²) in [5, 5.41) is 0. The number of hydrogen-bond donors (Lipinski definition) is 0. The number of carbonyl (C=O) groups is 1. The molecular weight excluding hydrogens is 255 g/mol. The van der Waals surface area contributed by atoms with Crippen LogP contribution >= 0.6 is 0 Å². The Kier molecular flexibility index (Phi) is 4.55. The number of carbonyl (C=O) groups excluding carboxylic acids is 1. The lowest BCUT2D eigenvalue weighted by Crippen LogP contribution is -2.58. The molecule has 0 spiro atoms. The van der Waals surface area contributed by atoms with Crippen molar-refractivity contribution < 1.29 is 9.18 Å². The van der Waals surface area contributed by atoms with E-state index >= 15 is 0 Å². The molecule has 0 amide bonds. The summed E-state index contributed by atoms with van der Waals surface area (Å²) in [6, 6.07) is 6.50. The molecule has 0 aliphatic carbocycles. The number of Topliss-reactive ketones (excluding diaryl/α,β-unsaturated/α-hetero) is 1. The zero-order chi connectivity index (χ0) is 14.8. The van der Waals surface area contributed by atoms with Crippen LogP contribution in [0.25, 0.3) is 0 Å². The molecule has 0 unspecified atom stereocenters. The SMILES string of the molecule is CN1CCN(CC(=O)Cc2ccccc2F)CC1(C)C. The van der Waals surface area contributed by atoms with Gasteiger partial charge >= 0.3 is 0 Å². The summed E-state index contributed by atoms with van der Waals surface area (Å²) in [6.07, 6.45) is 0.180. The fourth-order valence-corrected chi connectivity index (χ4v) is 2.64. The van der Waals surface area contributed by atoms with Crippen LogP contribution in [-0.4, -0.2) is 54.3 Å². The van der Waals surface area contributed by atoms with Crippen molar-refractivity contribution in [3.8, 4) is 0 Å². The molecule has 1 aromatic rings. The molecule has 0 N–H and O–H groups in total. The van der Waals surface area contributed by atoms with Crippen LogP contribution in [0.3, 0.4) is 0 Å². The summed E-state index contributed by atoms with van der Waals surface area (Å²) in [7, 11) is 2.11. The van der Waals surface area contributed by atoms with Crippen LogP contribution in [0.2, 0.25) is 0 Å². The average Bonchev–Trinajstić information content (AvgIpc) is 2.36. The molecule has 0 bridgehead atoms. The second-order valence-electron chi connectivity index (χ2n) is 6.25. The average molecular weight is 278 g/mol. The van der Waals surface area contributed by atoms with E-state index in [1.807, 2.05) is 0 Å². The Hall–Kier alpha value is -1.26. The van der Waals surface area contributed by atoms with Crippen LogP contribution in [0.5, 0.6) is 0 Å². The summed E-state index contributed by atoms with van der Waals surface area (Å²) in [6.45, 7) is 7.49. The maximum absolute atomic E-state index is 13.5. The predicted octanol–water partition coefficient (Wildman–Crippen LogP) is 1.96. The molecular formula is C16H23FN2O. The van der Waals surface area contributed by atoms with Crippen LogP contribution in [0.15, 0.2) is 24.3 Å². The van der Waals surface area contributed by atoms with Crippen molar-refractivity contribution >= 4 is 5.78 Å². The minimum atomic E-state index is -0.292. The molecule has 110 valence electrons. The van der Waals surface area contributed by atoms with E-state index in [4.69, 9.17) is 0 Å². The Labute approximate surface area is 120 Å². The van der Waals surface area contributed by atoms with E-state index in [9.17, 15) is 9.18 Å². The van der Waals surface area contributed by atoms with E-state index in [2.05, 4.69) is 30.7 Å². The Balaban J connectivity index is 1.91. The minimum Gasteiger partial charge on any atom is -0.299 e. The molecule has 1 fully saturated rings. The standard InChI is InChI=1S/C16H23FN2O/c1-16(2)12-19(9-8-18(16)3)11-14(20)10-13-6-4-5-7-15(13)17/h4-7H,8-12H2,1-3H3. The van der Waals surface area contributed by atoms with E-state index in [1.165, 1.54) is 6.07 Å². The second kappa shape index (κ2) is 6.02. The first-order chi connectivity index (χ1) is 9.38. The van der Waals surface area contributed by atoms with Crippen molar-refractivity contribution in [3.63, 3.8) is 0 Å². The van der Waals surface area contributed by atoms with E-state index in [-0.39, 0.29) is 23.6 Å². The van der Waals surface area contributed by atoms with Gasteiger partial charge in [-0.2, -0.15) is 0 Å². The molecule has 20 heavy (non-hydrogen) atoms. The quantitative estimate of drug-likeness (QED) is 0.841. The van der Waals surface area contributed by atoms with Crippen LogP contribution in [0, 0.1) is 5.82 Å². The molecule has 3 nitrogen and oxygen atoms in total. The Morgan fingerprint density at radius 3 is 2.65 bits per heavy atom. The molecule has 4 heteroatoms. The third-order valence-corrected chi connectivity index (χ3v) is 4.14. The van der Waals surface area contributed by atoms with Gasteiger partial charge < -0.3 is 0 Å². The Morgan fingerprint density at radius 1 is 1.30 bits per heavy atom. The fourth-order valence-electron chi connectivity index (χ4n) is 2.64. The van der Waals surface area contributed by atoms with Crippen LogP contribution < -0.4 is 0 Å². The van der Waals surface area contributed by atoms with Crippen molar-refractivity contribution in [3.05, 3.63) is 35.6 Å². The Bertz CT molecular complexity index is 487.